The van der Waals surface area contributed by atoms with E-state index in [0.717, 1.165) is 54.1 Å². The van der Waals surface area contributed by atoms with Crippen LogP contribution < -0.4 is 19.5 Å². The first-order valence-electron chi connectivity index (χ1n) is 30.7. The zero-order valence-corrected chi connectivity index (χ0v) is 54.7. The van der Waals surface area contributed by atoms with Gasteiger partial charge in [0.05, 0.1) is 58.2 Å². The van der Waals surface area contributed by atoms with Crippen LogP contribution in [0.4, 0.5) is 4.79 Å². The van der Waals surface area contributed by atoms with Crippen LogP contribution in [0.3, 0.4) is 0 Å². The highest BCUT2D eigenvalue weighted by atomic mass is 16.6. The molecule has 1 amide bonds. The van der Waals surface area contributed by atoms with Crippen LogP contribution in [0.15, 0.2) is 109 Å². The van der Waals surface area contributed by atoms with Crippen LogP contribution in [0.25, 0.3) is 0 Å². The van der Waals surface area contributed by atoms with Crippen molar-refractivity contribution in [3.05, 3.63) is 177 Å². The van der Waals surface area contributed by atoms with E-state index >= 15 is 0 Å². The molecule has 1 fully saturated rings. The minimum absolute atomic E-state index is 0.118. The van der Waals surface area contributed by atoms with E-state index in [1.165, 1.54) is 21.3 Å². The molecule has 4 heterocycles. The van der Waals surface area contributed by atoms with E-state index < -0.39 is 29.6 Å². The molecular formula is C72H85N9O11. The number of carbonyl (C=O) groups is 4. The Kier molecular flexibility index (Phi) is 27.4. The molecule has 1 saturated heterocycles. The van der Waals surface area contributed by atoms with Gasteiger partial charge >= 0.3 is 24.0 Å². The van der Waals surface area contributed by atoms with Gasteiger partial charge in [0.2, 0.25) is 0 Å². The zero-order chi connectivity index (χ0) is 65.8. The maximum atomic E-state index is 13.2. The summed E-state index contributed by atoms with van der Waals surface area (Å²) in [4.78, 5) is 77.0. The molecule has 3 aromatic carbocycles. The molecule has 20 nitrogen and oxygen atoms in total. The van der Waals surface area contributed by atoms with Gasteiger partial charge in [0, 0.05) is 112 Å². The van der Waals surface area contributed by atoms with Crippen LogP contribution in [0, 0.1) is 35.5 Å². The van der Waals surface area contributed by atoms with Crippen LogP contribution >= 0.6 is 0 Å². The van der Waals surface area contributed by atoms with Crippen LogP contribution in [0.1, 0.15) is 122 Å². The van der Waals surface area contributed by atoms with Crippen molar-refractivity contribution in [3.63, 3.8) is 0 Å². The van der Waals surface area contributed by atoms with Crippen molar-refractivity contribution in [2.24, 2.45) is 0 Å². The van der Waals surface area contributed by atoms with Gasteiger partial charge in [-0.15, -0.1) is 0 Å². The van der Waals surface area contributed by atoms with Crippen molar-refractivity contribution >= 4 is 24.0 Å². The number of carbonyl (C=O) groups excluding carboxylic acids is 4. The molecule has 0 bridgehead atoms. The number of methoxy groups -OCH3 is 3. The molecular weight excluding hydrogens is 1170 g/mol. The van der Waals surface area contributed by atoms with E-state index in [1.807, 2.05) is 140 Å². The Balaban J connectivity index is 1.13. The Bertz CT molecular complexity index is 3460. The molecule has 0 saturated carbocycles. The number of amides is 1. The van der Waals surface area contributed by atoms with Crippen molar-refractivity contribution in [1.29, 1.82) is 0 Å². The van der Waals surface area contributed by atoms with Crippen molar-refractivity contribution < 1.29 is 52.3 Å². The second-order valence-corrected chi connectivity index (χ2v) is 23.5. The summed E-state index contributed by atoms with van der Waals surface area (Å²) in [5, 5.41) is 2.74. The highest BCUT2D eigenvalue weighted by Gasteiger charge is 2.22. The Labute approximate surface area is 541 Å². The molecule has 7 rings (SSSR count). The lowest BCUT2D eigenvalue weighted by molar-refractivity contribution is 0.0522. The second kappa shape index (κ2) is 35.9. The highest BCUT2D eigenvalue weighted by molar-refractivity contribution is 5.88. The van der Waals surface area contributed by atoms with Gasteiger partial charge in [-0.2, -0.15) is 0 Å². The fourth-order valence-corrected chi connectivity index (χ4v) is 9.44. The molecule has 1 N–H and O–H groups in total. The van der Waals surface area contributed by atoms with Gasteiger partial charge in [-0.3, -0.25) is 14.7 Å². The molecule has 0 atom stereocenters. The minimum Gasteiger partial charge on any atom is -0.494 e. The minimum atomic E-state index is -0.598. The Hall–Kier alpha value is -9.33. The summed E-state index contributed by atoms with van der Waals surface area (Å²) < 4.78 is 38.6. The second-order valence-electron chi connectivity index (χ2n) is 23.5. The maximum absolute atomic E-state index is 13.2. The van der Waals surface area contributed by atoms with E-state index in [2.05, 4.69) is 65.3 Å². The summed E-state index contributed by atoms with van der Waals surface area (Å²) in [7, 11) is 12.1. The molecule has 484 valence electrons. The first kappa shape index (κ1) is 70.1. The van der Waals surface area contributed by atoms with Gasteiger partial charge in [0.25, 0.3) is 0 Å². The Morgan fingerprint density at radius 2 is 0.739 bits per heavy atom. The fourth-order valence-electron chi connectivity index (χ4n) is 9.44. The van der Waals surface area contributed by atoms with E-state index in [0.29, 0.717) is 131 Å². The summed E-state index contributed by atoms with van der Waals surface area (Å²) >= 11 is 0. The maximum Gasteiger partial charge on any atom is 0.407 e. The van der Waals surface area contributed by atoms with E-state index in [9.17, 15) is 19.2 Å². The number of pyridine rings is 3. The largest absolute Gasteiger partial charge is 0.494 e. The van der Waals surface area contributed by atoms with Crippen LogP contribution in [0.5, 0.6) is 17.2 Å². The number of aromatic nitrogens is 3. The SMILES string of the molecule is COC(=O)c1cc(C#Cc2ccc(OCCCNC(=O)OC(C)(C)C)cc2)cc(CN2CCN(Cc3cc(C#Cc4ccc(OCCCN(C)C)cc4)cc(C(=O)OC)n3)CCN(Cc3cc(C#Cc4ccc(OCCCN(C)C)cc4)cc(C(=O)OC)n3)CC2)n1. The first-order valence-corrected chi connectivity index (χ1v) is 30.7. The van der Waals surface area contributed by atoms with Crippen molar-refractivity contribution in [2.45, 2.75) is 65.3 Å². The smallest absolute Gasteiger partial charge is 0.407 e. The molecule has 1 aliphatic heterocycles. The quantitative estimate of drug-likeness (QED) is 0.0263. The Morgan fingerprint density at radius 1 is 0.446 bits per heavy atom. The molecule has 3 aromatic heterocycles. The lowest BCUT2D eigenvalue weighted by Crippen LogP contribution is -2.36. The molecule has 92 heavy (non-hydrogen) atoms. The number of nitrogens with zero attached hydrogens (tertiary/aromatic N) is 8. The lowest BCUT2D eigenvalue weighted by Gasteiger charge is -2.25. The van der Waals surface area contributed by atoms with Gasteiger partial charge in [-0.05, 0) is 177 Å². The third-order valence-electron chi connectivity index (χ3n) is 14.1. The number of alkyl carbamates (subject to hydrolysis) is 1. The summed E-state index contributed by atoms with van der Waals surface area (Å²) in [5.41, 5.74) is 5.70. The van der Waals surface area contributed by atoms with E-state index in [4.69, 9.17) is 48.1 Å². The number of ether oxygens (including phenoxy) is 7. The first-order chi connectivity index (χ1) is 44.3. The topological polar surface area (TPSA) is 200 Å². The molecule has 0 aliphatic carbocycles. The van der Waals surface area contributed by atoms with Crippen LogP contribution in [-0.4, -0.2) is 197 Å². The number of esters is 3. The number of hydrogen-bond acceptors (Lipinski definition) is 19. The van der Waals surface area contributed by atoms with Gasteiger partial charge in [0.1, 0.15) is 39.9 Å². The number of benzene rings is 3. The number of rotatable bonds is 24. The monoisotopic (exact) mass is 1250 g/mol. The molecule has 0 unspecified atom stereocenters. The average Bonchev–Trinajstić information content (AvgIpc) is 1.22. The van der Waals surface area contributed by atoms with Crippen LogP contribution in [-0.2, 0) is 38.6 Å². The lowest BCUT2D eigenvalue weighted by atomic mass is 10.1. The fraction of sp³-hybridized carbons (Fsp3) is 0.403. The van der Waals surface area contributed by atoms with E-state index in [-0.39, 0.29) is 17.1 Å². The van der Waals surface area contributed by atoms with Gasteiger partial charge in [0.15, 0.2) is 0 Å². The number of nitrogens with one attached hydrogen (secondary N) is 1. The average molecular weight is 1250 g/mol. The Morgan fingerprint density at radius 3 is 1.02 bits per heavy atom. The molecule has 0 radical (unpaired) electrons. The van der Waals surface area contributed by atoms with Crippen molar-refractivity contribution in [3.8, 4) is 52.8 Å². The van der Waals surface area contributed by atoms with E-state index in [1.54, 1.807) is 18.2 Å². The molecule has 1 aliphatic rings. The third-order valence-corrected chi connectivity index (χ3v) is 14.1. The van der Waals surface area contributed by atoms with Crippen molar-refractivity contribution in [1.82, 2.24) is 44.8 Å². The summed E-state index contributed by atoms with van der Waals surface area (Å²) in [6.07, 6.45) is 1.93. The molecule has 20 heteroatoms. The van der Waals surface area contributed by atoms with Crippen molar-refractivity contribution in [2.75, 3.05) is 128 Å². The molecule has 0 spiro atoms. The summed E-state index contributed by atoms with van der Waals surface area (Å²) in [6, 6.07) is 33.2. The normalized spacial score (nSPS) is 12.9. The summed E-state index contributed by atoms with van der Waals surface area (Å²) in [6.45, 7) is 13.8. The zero-order valence-electron chi connectivity index (χ0n) is 54.7. The predicted molar refractivity (Wildman–Crippen MR) is 352 cm³/mol. The van der Waals surface area contributed by atoms with Gasteiger partial charge in [-0.1, -0.05) is 35.5 Å². The third kappa shape index (κ3) is 24.8. The molecule has 6 aromatic rings. The standard InChI is InChI=1S/C72H85N9O11/c1-72(2,3)92-71(85)73-32-11-41-89-62-26-20-53(21-27-62)14-17-56-44-59(74-65(47-56)68(82)86-8)50-79-35-37-80(51-60-45-57(48-66(75-60)69(83)87-9)18-15-54-22-28-63(29-23-54)90-42-12-33-77(4)5)39-40-81(38-36-79)52-61-46-58(49-67(76-61)70(84)88-10)19-16-55-24-30-64(31-25-55)91-43-13-34-78(6)7/h20-31,44-49H,11-13,32-43,50-52H2,1-10H3,(H,73,85). The highest BCUT2D eigenvalue weighted by Crippen LogP contribution is 2.20. The van der Waals surface area contributed by atoms with Crippen LogP contribution in [0.2, 0.25) is 0 Å². The number of hydrogen-bond donors (Lipinski definition) is 1. The van der Waals surface area contributed by atoms with Gasteiger partial charge in [-0.25, -0.2) is 34.1 Å². The van der Waals surface area contributed by atoms with Gasteiger partial charge < -0.3 is 48.3 Å². The predicted octanol–water partition coefficient (Wildman–Crippen LogP) is 8.21. The summed E-state index contributed by atoms with van der Waals surface area (Å²) in [5.74, 6) is 19.9.